The molecule has 0 bridgehead atoms. The van der Waals surface area contributed by atoms with Crippen LogP contribution < -0.4 is 0 Å². The Hall–Kier alpha value is 0.200. The minimum absolute atomic E-state index is 0.338. The van der Waals surface area contributed by atoms with E-state index in [-0.39, 0.29) is 6.42 Å². The van der Waals surface area contributed by atoms with Gasteiger partial charge in [-0.25, -0.2) is 18.3 Å². The summed E-state index contributed by atoms with van der Waals surface area (Å²) in [6.45, 7) is -3.38. The Kier molecular flexibility index (Phi) is 13.0. The van der Waals surface area contributed by atoms with E-state index in [0.717, 1.165) is 0 Å². The highest BCUT2D eigenvalue weighted by Crippen LogP contribution is 2.52. The van der Waals surface area contributed by atoms with Crippen molar-refractivity contribution >= 4 is 32.0 Å². The molecule has 0 atom stereocenters. The van der Waals surface area contributed by atoms with Crippen molar-refractivity contribution in [2.75, 3.05) is 26.4 Å². The number of rotatable bonds is 11. The number of hydrogen-bond donors (Lipinski definition) is 0. The van der Waals surface area contributed by atoms with Crippen LogP contribution in [0.15, 0.2) is 0 Å². The Labute approximate surface area is 135 Å². The normalized spacial score (nSPS) is 13.3. The summed E-state index contributed by atoms with van der Waals surface area (Å²) >= 11 is 0. The van der Waals surface area contributed by atoms with Gasteiger partial charge in [0.25, 0.3) is 0 Å². The standard InChI is InChI=1S/C3H6F4O4P2.C2H4F4O4P2/c4-12(5,8)10-2-1-3-11-13(6,7)9;3-11(4,7)9-1-2-10-12(5,6)8/h1-3H2;1-2H2. The third kappa shape index (κ3) is 32.4. The zero-order chi connectivity index (χ0) is 20.4. The van der Waals surface area contributed by atoms with Gasteiger partial charge >= 0.3 is 32.0 Å². The molecule has 0 saturated carbocycles. The van der Waals surface area contributed by atoms with Crippen LogP contribution in [0.25, 0.3) is 0 Å². The maximum Gasteiger partial charge on any atom is 0.552 e. The first-order valence-electron chi connectivity index (χ1n) is 5.47. The lowest BCUT2D eigenvalue weighted by atomic mass is 10.5. The first-order valence-corrected chi connectivity index (χ1v) is 11.1. The molecule has 0 aromatic carbocycles. The zero-order valence-corrected chi connectivity index (χ0v) is 15.2. The second-order valence-electron chi connectivity index (χ2n) is 3.34. The molecule has 0 unspecified atom stereocenters. The maximum atomic E-state index is 11.5. The summed E-state index contributed by atoms with van der Waals surface area (Å²) in [5.41, 5.74) is 0. The number of halogens is 8. The molecule has 0 aromatic rings. The van der Waals surface area contributed by atoms with Gasteiger partial charge in [0, 0.05) is 0 Å². The van der Waals surface area contributed by atoms with Crippen LogP contribution in [0.4, 0.5) is 33.6 Å². The second kappa shape index (κ2) is 11.8. The largest absolute Gasteiger partial charge is 0.552 e. The fourth-order valence-corrected chi connectivity index (χ4v) is 1.95. The van der Waals surface area contributed by atoms with Crippen molar-refractivity contribution in [2.24, 2.45) is 0 Å². The fourth-order valence-electron chi connectivity index (χ4n) is 0.688. The quantitative estimate of drug-likeness (QED) is 0.187. The van der Waals surface area contributed by atoms with E-state index >= 15 is 0 Å². The van der Waals surface area contributed by atoms with Crippen LogP contribution in [0, 0.1) is 0 Å². The van der Waals surface area contributed by atoms with E-state index < -0.39 is 58.4 Å². The summed E-state index contributed by atoms with van der Waals surface area (Å²) in [4.78, 5) is 0. The van der Waals surface area contributed by atoms with E-state index in [1.165, 1.54) is 0 Å². The van der Waals surface area contributed by atoms with Gasteiger partial charge in [0.05, 0.1) is 26.4 Å². The van der Waals surface area contributed by atoms with Crippen molar-refractivity contribution in [3.8, 4) is 0 Å². The van der Waals surface area contributed by atoms with Gasteiger partial charge in [-0.3, -0.25) is 18.1 Å². The van der Waals surface area contributed by atoms with Gasteiger partial charge in [-0.15, -0.1) is 33.6 Å². The average Bonchev–Trinajstić information content (AvgIpc) is 2.30. The minimum Gasteiger partial charge on any atom is -0.280 e. The Morgan fingerprint density at radius 2 is 0.640 bits per heavy atom. The van der Waals surface area contributed by atoms with Crippen LogP contribution in [-0.4, -0.2) is 26.4 Å². The molecule has 0 fully saturated rings. The Bertz CT molecular complexity index is 503. The molecule has 20 heteroatoms. The summed E-state index contributed by atoms with van der Waals surface area (Å²) in [7, 11) is -22.4. The molecule has 0 saturated heterocycles. The fraction of sp³-hybridized carbons (Fsp3) is 1.00. The van der Waals surface area contributed by atoms with Crippen molar-refractivity contribution < 1.29 is 69.9 Å². The smallest absolute Gasteiger partial charge is 0.280 e. The summed E-state index contributed by atoms with van der Waals surface area (Å²) in [6, 6.07) is 0. The van der Waals surface area contributed by atoms with Gasteiger partial charge in [-0.05, 0) is 6.42 Å². The van der Waals surface area contributed by atoms with E-state index in [0.29, 0.717) is 0 Å². The van der Waals surface area contributed by atoms with Crippen LogP contribution in [0.2, 0.25) is 0 Å². The molecule has 0 aromatic heterocycles. The van der Waals surface area contributed by atoms with Gasteiger partial charge in [-0.2, -0.15) is 0 Å². The first kappa shape index (κ1) is 27.4. The van der Waals surface area contributed by atoms with Crippen molar-refractivity contribution in [1.29, 1.82) is 0 Å². The molecule has 154 valence electrons. The molecule has 0 radical (unpaired) electrons. The summed E-state index contributed by atoms with van der Waals surface area (Å²) in [5, 5.41) is 0. The molecule has 8 nitrogen and oxygen atoms in total. The molecule has 0 rings (SSSR count). The Morgan fingerprint density at radius 3 is 0.840 bits per heavy atom. The molecule has 0 heterocycles. The molecule has 25 heavy (non-hydrogen) atoms. The van der Waals surface area contributed by atoms with E-state index in [4.69, 9.17) is 0 Å². The SMILES string of the molecule is O=P(F)(F)OCCCOP(=O)(F)F.O=P(F)(F)OCCOP(=O)(F)F. The lowest BCUT2D eigenvalue weighted by Crippen LogP contribution is -1.96. The molecule has 0 aliphatic heterocycles. The van der Waals surface area contributed by atoms with Gasteiger partial charge in [-0.1, -0.05) is 0 Å². The van der Waals surface area contributed by atoms with Gasteiger partial charge < -0.3 is 0 Å². The minimum atomic E-state index is -5.66. The van der Waals surface area contributed by atoms with Crippen LogP contribution in [0.5, 0.6) is 0 Å². The molecule has 0 aliphatic carbocycles. The molecule has 0 aliphatic rings. The molecule has 0 spiro atoms. The van der Waals surface area contributed by atoms with E-state index in [1.807, 2.05) is 0 Å². The summed E-state index contributed by atoms with van der Waals surface area (Å²) in [5.74, 6) is 0. The van der Waals surface area contributed by atoms with E-state index in [1.54, 1.807) is 0 Å². The van der Waals surface area contributed by atoms with E-state index in [9.17, 15) is 51.8 Å². The van der Waals surface area contributed by atoms with Crippen molar-refractivity contribution in [2.45, 2.75) is 6.42 Å². The predicted octanol–water partition coefficient (Wildman–Crippen LogP) is 6.62. The summed E-state index contributed by atoms with van der Waals surface area (Å²) in [6.07, 6.45) is -0.338. The van der Waals surface area contributed by atoms with E-state index in [2.05, 4.69) is 18.1 Å². The van der Waals surface area contributed by atoms with Crippen molar-refractivity contribution in [1.82, 2.24) is 0 Å². The van der Waals surface area contributed by atoms with Crippen LogP contribution in [0.1, 0.15) is 6.42 Å². The zero-order valence-electron chi connectivity index (χ0n) is 11.6. The Balaban J connectivity index is 0. The highest BCUT2D eigenvalue weighted by atomic mass is 31.2. The molecule has 0 N–H and O–H groups in total. The highest BCUT2D eigenvalue weighted by molar-refractivity contribution is 7.48. The number of hydrogen-bond acceptors (Lipinski definition) is 8. The van der Waals surface area contributed by atoms with Gasteiger partial charge in [0.15, 0.2) is 0 Å². The first-order chi connectivity index (χ1) is 10.9. The van der Waals surface area contributed by atoms with Crippen molar-refractivity contribution in [3.05, 3.63) is 0 Å². The average molecular weight is 474 g/mol. The third-order valence-corrected chi connectivity index (χ3v) is 3.27. The molecular weight excluding hydrogens is 464 g/mol. The predicted molar refractivity (Wildman–Crippen MR) is 67.7 cm³/mol. The lowest BCUT2D eigenvalue weighted by Gasteiger charge is -2.01. The molecule has 0 amide bonds. The Morgan fingerprint density at radius 1 is 0.440 bits per heavy atom. The van der Waals surface area contributed by atoms with Gasteiger partial charge in [0.2, 0.25) is 0 Å². The van der Waals surface area contributed by atoms with Crippen LogP contribution in [-0.2, 0) is 36.4 Å². The lowest BCUT2D eigenvalue weighted by molar-refractivity contribution is 0.176. The maximum absolute atomic E-state index is 11.5. The second-order valence-corrected chi connectivity index (χ2v) is 7.69. The monoisotopic (exact) mass is 474 g/mol. The van der Waals surface area contributed by atoms with Crippen LogP contribution in [0.3, 0.4) is 0 Å². The van der Waals surface area contributed by atoms with Crippen LogP contribution >= 0.6 is 32.0 Å². The third-order valence-electron chi connectivity index (χ3n) is 1.34. The summed E-state index contributed by atoms with van der Waals surface area (Å²) < 4.78 is 143. The topological polar surface area (TPSA) is 105 Å². The van der Waals surface area contributed by atoms with Crippen molar-refractivity contribution in [3.63, 3.8) is 0 Å². The molecular formula is C5H10F8O8P4. The highest BCUT2D eigenvalue weighted by Gasteiger charge is 2.24. The van der Waals surface area contributed by atoms with Gasteiger partial charge in [0.1, 0.15) is 0 Å².